The number of amides is 1. The second-order valence-electron chi connectivity index (χ2n) is 3.75. The highest BCUT2D eigenvalue weighted by molar-refractivity contribution is 14.1. The van der Waals surface area contributed by atoms with E-state index in [0.717, 1.165) is 9.13 Å². The van der Waals surface area contributed by atoms with E-state index in [1.807, 2.05) is 24.3 Å². The number of carbonyl (C=O) groups excluding carboxylic acids is 1. The van der Waals surface area contributed by atoms with Crippen LogP contribution in [-0.2, 0) is 16.0 Å². The molecule has 0 bridgehead atoms. The molecule has 0 heterocycles. The first-order valence-electron chi connectivity index (χ1n) is 5.54. The number of halogens is 1. The van der Waals surface area contributed by atoms with Crippen LogP contribution in [0.15, 0.2) is 36.9 Å². The summed E-state index contributed by atoms with van der Waals surface area (Å²) in [5.74, 6) is -1.10. The van der Waals surface area contributed by atoms with Gasteiger partial charge < -0.3 is 15.2 Å². The van der Waals surface area contributed by atoms with E-state index in [0.29, 0.717) is 0 Å². The van der Waals surface area contributed by atoms with E-state index in [-0.39, 0.29) is 13.0 Å². The van der Waals surface area contributed by atoms with Crippen LogP contribution in [0.5, 0.6) is 0 Å². The van der Waals surface area contributed by atoms with Crippen LogP contribution in [0.25, 0.3) is 0 Å². The Kier molecular flexibility index (Phi) is 6.34. The van der Waals surface area contributed by atoms with E-state index in [4.69, 9.17) is 9.84 Å². The molecule has 1 aromatic rings. The van der Waals surface area contributed by atoms with E-state index in [9.17, 15) is 9.59 Å². The smallest absolute Gasteiger partial charge is 0.408 e. The van der Waals surface area contributed by atoms with Crippen LogP contribution in [0, 0.1) is 3.57 Å². The Bertz CT molecular complexity index is 458. The lowest BCUT2D eigenvalue weighted by molar-refractivity contribution is -0.139. The van der Waals surface area contributed by atoms with Crippen LogP contribution in [0.1, 0.15) is 5.56 Å². The molecular weight excluding hydrogens is 361 g/mol. The number of aliphatic carboxylic acids is 1. The lowest BCUT2D eigenvalue weighted by atomic mass is 10.1. The van der Waals surface area contributed by atoms with Gasteiger partial charge in [-0.2, -0.15) is 0 Å². The van der Waals surface area contributed by atoms with Gasteiger partial charge >= 0.3 is 12.1 Å². The Hall–Kier alpha value is -1.57. The van der Waals surface area contributed by atoms with E-state index in [1.165, 1.54) is 6.08 Å². The number of hydrogen-bond acceptors (Lipinski definition) is 3. The first-order valence-corrected chi connectivity index (χ1v) is 6.62. The van der Waals surface area contributed by atoms with Gasteiger partial charge in [-0.25, -0.2) is 9.59 Å². The van der Waals surface area contributed by atoms with Gasteiger partial charge in [0.05, 0.1) is 0 Å². The molecule has 1 atom stereocenters. The van der Waals surface area contributed by atoms with E-state index in [1.54, 1.807) is 0 Å². The number of rotatable bonds is 6. The Morgan fingerprint density at radius 1 is 1.42 bits per heavy atom. The summed E-state index contributed by atoms with van der Waals surface area (Å²) in [4.78, 5) is 22.4. The molecule has 0 aliphatic heterocycles. The third-order valence-corrected chi connectivity index (χ3v) is 2.99. The largest absolute Gasteiger partial charge is 0.480 e. The Morgan fingerprint density at radius 3 is 2.58 bits per heavy atom. The molecule has 6 heteroatoms. The van der Waals surface area contributed by atoms with E-state index in [2.05, 4.69) is 34.5 Å². The number of alkyl carbamates (subject to hydrolysis) is 1. The zero-order valence-corrected chi connectivity index (χ0v) is 12.3. The Balaban J connectivity index is 2.62. The highest BCUT2D eigenvalue weighted by Crippen LogP contribution is 2.09. The zero-order chi connectivity index (χ0) is 14.3. The minimum Gasteiger partial charge on any atom is -0.480 e. The molecule has 0 aromatic heterocycles. The fraction of sp³-hybridized carbons (Fsp3) is 0.231. The predicted molar refractivity (Wildman–Crippen MR) is 79.0 cm³/mol. The van der Waals surface area contributed by atoms with Crippen molar-refractivity contribution in [3.8, 4) is 0 Å². The molecule has 19 heavy (non-hydrogen) atoms. The third-order valence-electron chi connectivity index (χ3n) is 2.28. The summed E-state index contributed by atoms with van der Waals surface area (Å²) in [7, 11) is 0. The van der Waals surface area contributed by atoms with Crippen LogP contribution in [0.4, 0.5) is 4.79 Å². The minimum atomic E-state index is -1.10. The molecule has 0 fully saturated rings. The number of carbonyl (C=O) groups is 2. The van der Waals surface area contributed by atoms with Crippen LogP contribution < -0.4 is 5.32 Å². The van der Waals surface area contributed by atoms with Gasteiger partial charge in [-0.15, -0.1) is 0 Å². The number of nitrogens with one attached hydrogen (secondary N) is 1. The van der Waals surface area contributed by atoms with Gasteiger partial charge in [-0.3, -0.25) is 0 Å². The van der Waals surface area contributed by atoms with Gasteiger partial charge in [0.25, 0.3) is 0 Å². The summed E-state index contributed by atoms with van der Waals surface area (Å²) in [6, 6.07) is 6.40. The fourth-order valence-electron chi connectivity index (χ4n) is 1.37. The van der Waals surface area contributed by atoms with Crippen molar-refractivity contribution in [1.29, 1.82) is 0 Å². The minimum absolute atomic E-state index is 0.0434. The van der Waals surface area contributed by atoms with Crippen LogP contribution >= 0.6 is 22.6 Å². The third kappa shape index (κ3) is 5.73. The molecule has 1 rings (SSSR count). The van der Waals surface area contributed by atoms with Crippen LogP contribution in [0.3, 0.4) is 0 Å². The molecule has 0 spiro atoms. The summed E-state index contributed by atoms with van der Waals surface area (Å²) in [5, 5.41) is 11.4. The number of ether oxygens (including phenoxy) is 1. The lowest BCUT2D eigenvalue weighted by Gasteiger charge is -2.14. The van der Waals surface area contributed by atoms with Gasteiger partial charge in [0.1, 0.15) is 12.6 Å². The molecule has 2 N–H and O–H groups in total. The van der Waals surface area contributed by atoms with E-state index >= 15 is 0 Å². The molecular formula is C13H14INO4. The van der Waals surface area contributed by atoms with Crippen LogP contribution in [-0.4, -0.2) is 29.8 Å². The first-order chi connectivity index (χ1) is 9.02. The second-order valence-corrected chi connectivity index (χ2v) is 5.00. The van der Waals surface area contributed by atoms with Crippen molar-refractivity contribution < 1.29 is 19.4 Å². The van der Waals surface area contributed by atoms with Gasteiger partial charge in [0.15, 0.2) is 0 Å². The highest BCUT2D eigenvalue weighted by atomic mass is 127. The number of hydrogen-bond donors (Lipinski definition) is 2. The highest BCUT2D eigenvalue weighted by Gasteiger charge is 2.20. The molecule has 0 unspecified atom stereocenters. The Morgan fingerprint density at radius 2 is 2.05 bits per heavy atom. The molecule has 102 valence electrons. The van der Waals surface area contributed by atoms with Crippen molar-refractivity contribution in [2.24, 2.45) is 0 Å². The monoisotopic (exact) mass is 375 g/mol. The maximum Gasteiger partial charge on any atom is 0.408 e. The summed E-state index contributed by atoms with van der Waals surface area (Å²) < 4.78 is 5.76. The van der Waals surface area contributed by atoms with Gasteiger partial charge in [0.2, 0.25) is 0 Å². The maximum atomic E-state index is 11.3. The van der Waals surface area contributed by atoms with E-state index < -0.39 is 18.1 Å². The van der Waals surface area contributed by atoms with Crippen LogP contribution in [0.2, 0.25) is 0 Å². The Labute approximate surface area is 124 Å². The molecule has 5 nitrogen and oxygen atoms in total. The average molecular weight is 375 g/mol. The van der Waals surface area contributed by atoms with Crippen molar-refractivity contribution in [3.05, 3.63) is 46.1 Å². The number of carboxylic acid groups (broad SMARTS) is 1. The van der Waals surface area contributed by atoms with Crippen molar-refractivity contribution in [2.75, 3.05) is 6.61 Å². The quantitative estimate of drug-likeness (QED) is 0.591. The molecule has 0 saturated heterocycles. The SMILES string of the molecule is C=CCOC(=O)N[C@H](Cc1ccc(I)cc1)C(=O)O. The van der Waals surface area contributed by atoms with Crippen molar-refractivity contribution in [2.45, 2.75) is 12.5 Å². The molecule has 0 aliphatic carbocycles. The second kappa shape index (κ2) is 7.78. The predicted octanol–water partition coefficient (Wildman–Crippen LogP) is 2.20. The fourth-order valence-corrected chi connectivity index (χ4v) is 1.73. The molecule has 1 aromatic carbocycles. The molecule has 0 aliphatic rings. The summed E-state index contributed by atoms with van der Waals surface area (Å²) in [5.41, 5.74) is 0.830. The van der Waals surface area contributed by atoms with Gasteiger partial charge in [-0.05, 0) is 40.3 Å². The summed E-state index contributed by atoms with van der Waals surface area (Å²) in [6.07, 6.45) is 0.849. The van der Waals surface area contributed by atoms with Crippen molar-refractivity contribution >= 4 is 34.7 Å². The zero-order valence-electron chi connectivity index (χ0n) is 10.1. The van der Waals surface area contributed by atoms with Gasteiger partial charge in [0, 0.05) is 9.99 Å². The topological polar surface area (TPSA) is 75.6 Å². The molecule has 1 amide bonds. The normalized spacial score (nSPS) is 11.4. The first kappa shape index (κ1) is 15.5. The maximum absolute atomic E-state index is 11.3. The summed E-state index contributed by atoms with van der Waals surface area (Å²) in [6.45, 7) is 3.44. The summed E-state index contributed by atoms with van der Waals surface area (Å²) >= 11 is 2.16. The van der Waals surface area contributed by atoms with Gasteiger partial charge in [-0.1, -0.05) is 24.8 Å². The molecule has 0 saturated carbocycles. The van der Waals surface area contributed by atoms with Crippen molar-refractivity contribution in [3.63, 3.8) is 0 Å². The molecule has 0 radical (unpaired) electrons. The standard InChI is InChI=1S/C13H14INO4/c1-2-7-19-13(18)15-11(12(16)17)8-9-3-5-10(14)6-4-9/h2-6,11H,1,7-8H2,(H,15,18)(H,16,17)/t11-/m1/s1. The number of carboxylic acids is 1. The average Bonchev–Trinajstić information content (AvgIpc) is 2.38. The number of benzene rings is 1. The van der Waals surface area contributed by atoms with Crippen molar-refractivity contribution in [1.82, 2.24) is 5.32 Å². The lowest BCUT2D eigenvalue weighted by Crippen LogP contribution is -2.42.